The summed E-state index contributed by atoms with van der Waals surface area (Å²) in [6.45, 7) is 0. The largest absolute Gasteiger partial charge is 0.399 e. The summed E-state index contributed by atoms with van der Waals surface area (Å²) in [5.41, 5.74) is 6.43. The minimum Gasteiger partial charge on any atom is -0.399 e. The minimum atomic E-state index is -0.500. The van der Waals surface area contributed by atoms with E-state index in [0.717, 1.165) is 18.5 Å². The molecule has 15 heavy (non-hydrogen) atoms. The number of hydrogen-bond acceptors (Lipinski definition) is 2. The summed E-state index contributed by atoms with van der Waals surface area (Å²) < 4.78 is 0. The van der Waals surface area contributed by atoms with Crippen LogP contribution in [0.25, 0.3) is 0 Å². The molecule has 0 aromatic rings. The van der Waals surface area contributed by atoms with Gasteiger partial charge in [-0.3, -0.25) is 5.32 Å². The van der Waals surface area contributed by atoms with Gasteiger partial charge in [-0.1, -0.05) is 42.0 Å². The fourth-order valence-electron chi connectivity index (χ4n) is 1.70. The van der Waals surface area contributed by atoms with Crippen molar-refractivity contribution in [2.24, 2.45) is 5.73 Å². The normalized spacial score (nSPS) is 30.6. The Morgan fingerprint density at radius 3 is 2.73 bits per heavy atom. The Labute approximate surface area is 95.2 Å². The van der Waals surface area contributed by atoms with Crippen molar-refractivity contribution < 1.29 is 0 Å². The summed E-state index contributed by atoms with van der Waals surface area (Å²) >= 11 is 6.41. The molecule has 3 heteroatoms. The van der Waals surface area contributed by atoms with Crippen LogP contribution in [-0.4, -0.2) is 11.0 Å². The first-order valence-corrected chi connectivity index (χ1v) is 5.51. The summed E-state index contributed by atoms with van der Waals surface area (Å²) in [6, 6.07) is 0.216. The molecule has 0 fully saturated rings. The quantitative estimate of drug-likeness (QED) is 0.427. The molecule has 2 aliphatic carbocycles. The summed E-state index contributed by atoms with van der Waals surface area (Å²) in [5.74, 6) is 0. The van der Waals surface area contributed by atoms with Crippen molar-refractivity contribution >= 4 is 11.6 Å². The van der Waals surface area contributed by atoms with E-state index < -0.39 is 5.00 Å². The Morgan fingerprint density at radius 2 is 2.13 bits per heavy atom. The minimum absolute atomic E-state index is 0.216. The highest BCUT2D eigenvalue weighted by atomic mass is 35.5. The SMILES string of the molecule is NC1=CCC(Cl)(NC2C=CCC=C2)C=C1. The van der Waals surface area contributed by atoms with Gasteiger partial charge in [0.25, 0.3) is 0 Å². The van der Waals surface area contributed by atoms with Crippen LogP contribution in [0.4, 0.5) is 0 Å². The van der Waals surface area contributed by atoms with Crippen LogP contribution in [0.1, 0.15) is 12.8 Å². The van der Waals surface area contributed by atoms with Crippen molar-refractivity contribution in [3.05, 3.63) is 48.2 Å². The Hall–Kier alpha value is -0.990. The van der Waals surface area contributed by atoms with Crippen LogP contribution >= 0.6 is 11.6 Å². The first-order chi connectivity index (χ1) is 7.18. The molecule has 0 radical (unpaired) electrons. The number of halogens is 1. The summed E-state index contributed by atoms with van der Waals surface area (Å²) in [7, 11) is 0. The predicted octanol–water partition coefficient (Wildman–Crippen LogP) is 2.20. The highest BCUT2D eigenvalue weighted by Gasteiger charge is 2.26. The van der Waals surface area contributed by atoms with Crippen molar-refractivity contribution in [2.75, 3.05) is 0 Å². The van der Waals surface area contributed by atoms with Gasteiger partial charge in [-0.2, -0.15) is 0 Å². The average molecular weight is 223 g/mol. The maximum Gasteiger partial charge on any atom is 0.117 e. The van der Waals surface area contributed by atoms with Gasteiger partial charge in [-0.15, -0.1) is 0 Å². The van der Waals surface area contributed by atoms with Crippen molar-refractivity contribution in [2.45, 2.75) is 23.9 Å². The first kappa shape index (κ1) is 10.5. The molecule has 0 aromatic carbocycles. The highest BCUT2D eigenvalue weighted by Crippen LogP contribution is 2.25. The molecule has 1 atom stereocenters. The van der Waals surface area contributed by atoms with Gasteiger partial charge in [0, 0.05) is 18.2 Å². The average Bonchev–Trinajstić information content (AvgIpc) is 2.24. The molecule has 2 rings (SSSR count). The van der Waals surface area contributed by atoms with Crippen LogP contribution < -0.4 is 11.1 Å². The van der Waals surface area contributed by atoms with Gasteiger partial charge >= 0.3 is 0 Å². The molecule has 0 aromatic heterocycles. The third-order valence-electron chi connectivity index (χ3n) is 2.54. The molecule has 2 nitrogen and oxygen atoms in total. The lowest BCUT2D eigenvalue weighted by molar-refractivity contribution is 0.525. The molecular formula is C12H15ClN2. The Kier molecular flexibility index (Phi) is 2.98. The van der Waals surface area contributed by atoms with E-state index in [9.17, 15) is 0 Å². The zero-order valence-electron chi connectivity index (χ0n) is 8.49. The van der Waals surface area contributed by atoms with Crippen LogP contribution in [0.3, 0.4) is 0 Å². The molecule has 0 bridgehead atoms. The maximum atomic E-state index is 6.41. The zero-order valence-corrected chi connectivity index (χ0v) is 9.24. The van der Waals surface area contributed by atoms with Crippen molar-refractivity contribution in [3.63, 3.8) is 0 Å². The highest BCUT2D eigenvalue weighted by molar-refractivity contribution is 6.25. The molecule has 0 amide bonds. The number of hydrogen-bond donors (Lipinski definition) is 2. The van der Waals surface area contributed by atoms with Gasteiger partial charge in [-0.05, 0) is 18.6 Å². The smallest absolute Gasteiger partial charge is 0.117 e. The monoisotopic (exact) mass is 222 g/mol. The van der Waals surface area contributed by atoms with Gasteiger partial charge < -0.3 is 5.73 Å². The van der Waals surface area contributed by atoms with Gasteiger partial charge in [0.15, 0.2) is 0 Å². The Morgan fingerprint density at radius 1 is 1.40 bits per heavy atom. The second kappa shape index (κ2) is 4.25. The zero-order chi connectivity index (χ0) is 10.7. The van der Waals surface area contributed by atoms with Gasteiger partial charge in [0.1, 0.15) is 5.00 Å². The Bertz CT molecular complexity index is 343. The molecule has 0 saturated heterocycles. The lowest BCUT2D eigenvalue weighted by atomic mass is 10.0. The standard InChI is InChI=1S/C12H15ClN2/c13-12(8-6-10(14)7-9-12)15-11-4-2-1-3-5-11/h2-8,11,15H,1,9,14H2. The number of alkyl halides is 1. The number of rotatable bonds is 2. The molecule has 2 aliphatic rings. The van der Waals surface area contributed by atoms with Crippen molar-refractivity contribution in [3.8, 4) is 0 Å². The summed E-state index contributed by atoms with van der Waals surface area (Å²) in [4.78, 5) is -0.500. The fraction of sp³-hybridized carbons (Fsp3) is 0.333. The first-order valence-electron chi connectivity index (χ1n) is 5.13. The summed E-state index contributed by atoms with van der Waals surface area (Å²) in [5, 5.41) is 3.36. The molecule has 0 spiro atoms. The van der Waals surface area contributed by atoms with E-state index in [1.165, 1.54) is 0 Å². The van der Waals surface area contributed by atoms with Crippen molar-refractivity contribution in [1.82, 2.24) is 5.32 Å². The van der Waals surface area contributed by atoms with E-state index in [0.29, 0.717) is 0 Å². The molecule has 80 valence electrons. The Balaban J connectivity index is 2.00. The topological polar surface area (TPSA) is 38.0 Å². The van der Waals surface area contributed by atoms with E-state index in [1.807, 2.05) is 18.2 Å². The van der Waals surface area contributed by atoms with E-state index in [4.69, 9.17) is 17.3 Å². The van der Waals surface area contributed by atoms with E-state index in [-0.39, 0.29) is 6.04 Å². The van der Waals surface area contributed by atoms with Crippen LogP contribution in [0, 0.1) is 0 Å². The lowest BCUT2D eigenvalue weighted by Crippen LogP contribution is -2.44. The molecule has 0 heterocycles. The molecule has 3 N–H and O–H groups in total. The molecular weight excluding hydrogens is 208 g/mol. The fourth-order valence-corrected chi connectivity index (χ4v) is 1.97. The lowest BCUT2D eigenvalue weighted by Gasteiger charge is -2.29. The van der Waals surface area contributed by atoms with Gasteiger partial charge in [0.05, 0.1) is 0 Å². The van der Waals surface area contributed by atoms with Crippen molar-refractivity contribution in [1.29, 1.82) is 0 Å². The molecule has 1 unspecified atom stereocenters. The van der Waals surface area contributed by atoms with E-state index in [1.54, 1.807) is 0 Å². The second-order valence-electron chi connectivity index (χ2n) is 3.87. The van der Waals surface area contributed by atoms with Crippen LogP contribution in [0.15, 0.2) is 48.2 Å². The van der Waals surface area contributed by atoms with Crippen LogP contribution in [0.5, 0.6) is 0 Å². The van der Waals surface area contributed by atoms with E-state index in [2.05, 4.69) is 29.6 Å². The maximum absolute atomic E-state index is 6.41. The van der Waals surface area contributed by atoms with Crippen LogP contribution in [-0.2, 0) is 0 Å². The number of allylic oxidation sites excluding steroid dienone is 3. The third kappa shape index (κ3) is 2.74. The van der Waals surface area contributed by atoms with E-state index >= 15 is 0 Å². The number of nitrogens with one attached hydrogen (secondary N) is 1. The summed E-state index contributed by atoms with van der Waals surface area (Å²) in [6.07, 6.45) is 15.9. The van der Waals surface area contributed by atoms with Gasteiger partial charge in [0.2, 0.25) is 0 Å². The third-order valence-corrected chi connectivity index (χ3v) is 2.93. The molecule has 0 saturated carbocycles. The predicted molar refractivity (Wildman–Crippen MR) is 64.4 cm³/mol. The van der Waals surface area contributed by atoms with Crippen LogP contribution in [0.2, 0.25) is 0 Å². The number of nitrogens with two attached hydrogens (primary N) is 1. The van der Waals surface area contributed by atoms with Gasteiger partial charge in [-0.25, -0.2) is 0 Å². The molecule has 0 aliphatic heterocycles. The second-order valence-corrected chi connectivity index (χ2v) is 4.54.